The minimum Gasteiger partial charge on any atom is -0.355 e. The molecule has 1 saturated carbocycles. The van der Waals surface area contributed by atoms with Crippen LogP contribution in [0.15, 0.2) is 28.7 Å². The zero-order chi connectivity index (χ0) is 14.8. The summed E-state index contributed by atoms with van der Waals surface area (Å²) in [6, 6.07) is 7.97. The number of carbonyl (C=O) groups excluding carboxylic acids is 1. The van der Waals surface area contributed by atoms with Crippen molar-refractivity contribution in [2.24, 2.45) is 5.92 Å². The molecule has 1 fully saturated rings. The number of benzene rings is 1. The molecule has 0 bridgehead atoms. The topological polar surface area (TPSA) is 75.3 Å². The summed E-state index contributed by atoms with van der Waals surface area (Å²) in [7, 11) is -3.19. The molecule has 0 radical (unpaired) electrons. The van der Waals surface area contributed by atoms with E-state index in [2.05, 4.69) is 26.0 Å². The number of hydrogen-bond acceptors (Lipinski definition) is 3. The van der Waals surface area contributed by atoms with Crippen LogP contribution in [-0.4, -0.2) is 33.7 Å². The van der Waals surface area contributed by atoms with Gasteiger partial charge in [-0.2, -0.15) is 0 Å². The van der Waals surface area contributed by atoms with Gasteiger partial charge < -0.3 is 5.32 Å². The molecule has 7 heteroatoms. The zero-order valence-corrected chi connectivity index (χ0v) is 13.5. The Kier molecular flexibility index (Phi) is 4.82. The Morgan fingerprint density at radius 1 is 1.40 bits per heavy atom. The molecule has 5 nitrogen and oxygen atoms in total. The van der Waals surface area contributed by atoms with Crippen molar-refractivity contribution >= 4 is 31.9 Å². The van der Waals surface area contributed by atoms with Crippen LogP contribution in [0.2, 0.25) is 0 Å². The van der Waals surface area contributed by atoms with Crippen LogP contribution in [0, 0.1) is 5.92 Å². The molecule has 1 aromatic carbocycles. The predicted octanol–water partition coefficient (Wildman–Crippen LogP) is 1.22. The van der Waals surface area contributed by atoms with E-state index in [4.69, 9.17) is 0 Å². The fourth-order valence-corrected chi connectivity index (χ4v) is 3.03. The highest BCUT2D eigenvalue weighted by Crippen LogP contribution is 2.47. The van der Waals surface area contributed by atoms with Gasteiger partial charge >= 0.3 is 0 Å². The van der Waals surface area contributed by atoms with E-state index in [9.17, 15) is 13.2 Å². The highest BCUT2D eigenvalue weighted by molar-refractivity contribution is 9.10. The maximum absolute atomic E-state index is 11.9. The van der Waals surface area contributed by atoms with Crippen LogP contribution < -0.4 is 10.0 Å². The summed E-state index contributed by atoms with van der Waals surface area (Å²) in [4.78, 5) is 11.9. The molecule has 1 aromatic rings. The molecule has 2 atom stereocenters. The lowest BCUT2D eigenvalue weighted by molar-refractivity contribution is -0.122. The van der Waals surface area contributed by atoms with Crippen molar-refractivity contribution in [2.75, 3.05) is 19.3 Å². The van der Waals surface area contributed by atoms with Gasteiger partial charge in [0.25, 0.3) is 0 Å². The number of halogens is 1. The molecule has 110 valence electrons. The highest BCUT2D eigenvalue weighted by atomic mass is 79.9. The van der Waals surface area contributed by atoms with Crippen molar-refractivity contribution in [1.29, 1.82) is 0 Å². The summed E-state index contributed by atoms with van der Waals surface area (Å²) < 4.78 is 25.1. The Balaban J connectivity index is 1.76. The summed E-state index contributed by atoms with van der Waals surface area (Å²) in [5.74, 6) is 0.267. The van der Waals surface area contributed by atoms with E-state index in [0.29, 0.717) is 6.54 Å². The van der Waals surface area contributed by atoms with Crippen LogP contribution in [0.3, 0.4) is 0 Å². The Bertz CT molecular complexity index is 603. The second-order valence-corrected chi connectivity index (χ2v) is 7.71. The Morgan fingerprint density at radius 2 is 2.15 bits per heavy atom. The standard InChI is InChI=1S/C13H17BrN2O3S/c1-20(18,19)16-6-5-15-13(17)12-8-11(12)9-3-2-4-10(14)7-9/h2-4,7,11-12,16H,5-6,8H2,1H3,(H,15,17). The molecule has 2 rings (SSSR count). The Morgan fingerprint density at radius 3 is 2.80 bits per heavy atom. The van der Waals surface area contributed by atoms with Crippen LogP contribution in [0.5, 0.6) is 0 Å². The van der Waals surface area contributed by atoms with Crippen molar-refractivity contribution in [3.8, 4) is 0 Å². The monoisotopic (exact) mass is 360 g/mol. The average Bonchev–Trinajstić information content (AvgIpc) is 3.13. The Hall–Kier alpha value is -0.920. The van der Waals surface area contributed by atoms with Gasteiger partial charge in [-0.25, -0.2) is 13.1 Å². The number of amides is 1. The summed E-state index contributed by atoms with van der Waals surface area (Å²) >= 11 is 3.42. The van der Waals surface area contributed by atoms with E-state index >= 15 is 0 Å². The fraction of sp³-hybridized carbons (Fsp3) is 0.462. The summed E-state index contributed by atoms with van der Waals surface area (Å²) in [5, 5.41) is 2.75. The molecule has 0 aromatic heterocycles. The quantitative estimate of drug-likeness (QED) is 0.748. The second kappa shape index (κ2) is 6.24. The molecule has 0 heterocycles. The fourth-order valence-electron chi connectivity index (χ4n) is 2.14. The third kappa shape index (κ3) is 4.57. The van der Waals surface area contributed by atoms with E-state index in [-0.39, 0.29) is 24.3 Å². The molecule has 0 saturated heterocycles. The third-order valence-electron chi connectivity index (χ3n) is 3.19. The molecule has 1 aliphatic rings. The number of carbonyl (C=O) groups is 1. The number of nitrogens with one attached hydrogen (secondary N) is 2. The first-order chi connectivity index (χ1) is 9.37. The lowest BCUT2D eigenvalue weighted by Crippen LogP contribution is -2.35. The second-order valence-electron chi connectivity index (χ2n) is 4.96. The van der Waals surface area contributed by atoms with E-state index < -0.39 is 10.0 Å². The smallest absolute Gasteiger partial charge is 0.223 e. The van der Waals surface area contributed by atoms with E-state index in [1.165, 1.54) is 0 Å². The Labute approximate surface area is 127 Å². The van der Waals surface area contributed by atoms with Gasteiger partial charge in [0, 0.05) is 23.5 Å². The number of hydrogen-bond donors (Lipinski definition) is 2. The summed E-state index contributed by atoms with van der Waals surface area (Å²) in [5.41, 5.74) is 1.16. The molecule has 0 spiro atoms. The van der Waals surface area contributed by atoms with Gasteiger partial charge in [0.2, 0.25) is 15.9 Å². The van der Waals surface area contributed by atoms with Crippen LogP contribution in [0.1, 0.15) is 17.9 Å². The molecule has 1 amide bonds. The predicted molar refractivity (Wildman–Crippen MR) is 80.8 cm³/mol. The van der Waals surface area contributed by atoms with Gasteiger partial charge in [-0.3, -0.25) is 4.79 Å². The highest BCUT2D eigenvalue weighted by Gasteiger charge is 2.43. The molecule has 2 unspecified atom stereocenters. The van der Waals surface area contributed by atoms with Gasteiger partial charge in [-0.1, -0.05) is 28.1 Å². The summed E-state index contributed by atoms with van der Waals surface area (Å²) in [6.45, 7) is 0.534. The van der Waals surface area contributed by atoms with Crippen molar-refractivity contribution in [1.82, 2.24) is 10.0 Å². The van der Waals surface area contributed by atoms with E-state index in [1.807, 2.05) is 24.3 Å². The maximum atomic E-state index is 11.9. The normalized spacial score (nSPS) is 21.5. The van der Waals surface area contributed by atoms with Gasteiger partial charge in [0.15, 0.2) is 0 Å². The first-order valence-electron chi connectivity index (χ1n) is 6.34. The van der Waals surface area contributed by atoms with Gasteiger partial charge in [0.1, 0.15) is 0 Å². The molecule has 20 heavy (non-hydrogen) atoms. The van der Waals surface area contributed by atoms with Gasteiger partial charge in [-0.15, -0.1) is 0 Å². The first-order valence-corrected chi connectivity index (χ1v) is 9.03. The van der Waals surface area contributed by atoms with Crippen LogP contribution in [-0.2, 0) is 14.8 Å². The minimum atomic E-state index is -3.19. The molecular weight excluding hydrogens is 344 g/mol. The van der Waals surface area contributed by atoms with Crippen molar-refractivity contribution < 1.29 is 13.2 Å². The van der Waals surface area contributed by atoms with Crippen LogP contribution in [0.4, 0.5) is 0 Å². The van der Waals surface area contributed by atoms with Crippen molar-refractivity contribution in [3.63, 3.8) is 0 Å². The molecule has 0 aliphatic heterocycles. The van der Waals surface area contributed by atoms with Gasteiger partial charge in [-0.05, 0) is 30.0 Å². The van der Waals surface area contributed by atoms with E-state index in [0.717, 1.165) is 22.7 Å². The lowest BCUT2D eigenvalue weighted by Gasteiger charge is -2.05. The molecular formula is C13H17BrN2O3S. The maximum Gasteiger partial charge on any atom is 0.223 e. The number of rotatable bonds is 6. The van der Waals surface area contributed by atoms with Crippen LogP contribution in [0.25, 0.3) is 0 Å². The zero-order valence-electron chi connectivity index (χ0n) is 11.1. The third-order valence-corrected chi connectivity index (χ3v) is 4.41. The first kappa shape index (κ1) is 15.5. The molecule has 1 aliphatic carbocycles. The average molecular weight is 361 g/mol. The minimum absolute atomic E-state index is 0.00235. The molecule has 2 N–H and O–H groups in total. The van der Waals surface area contributed by atoms with E-state index in [1.54, 1.807) is 0 Å². The van der Waals surface area contributed by atoms with Crippen molar-refractivity contribution in [3.05, 3.63) is 34.3 Å². The largest absolute Gasteiger partial charge is 0.355 e. The summed E-state index contributed by atoms with van der Waals surface area (Å²) in [6.07, 6.45) is 1.95. The SMILES string of the molecule is CS(=O)(=O)NCCNC(=O)C1CC1c1cccc(Br)c1. The van der Waals surface area contributed by atoms with Gasteiger partial charge in [0.05, 0.1) is 6.26 Å². The van der Waals surface area contributed by atoms with Crippen LogP contribution >= 0.6 is 15.9 Å². The van der Waals surface area contributed by atoms with Crippen molar-refractivity contribution in [2.45, 2.75) is 12.3 Å². The lowest BCUT2D eigenvalue weighted by atomic mass is 10.1. The number of sulfonamides is 1.